The van der Waals surface area contributed by atoms with Crippen LogP contribution in [0.1, 0.15) is 124 Å². The first-order valence-corrected chi connectivity index (χ1v) is 14.1. The third-order valence-electron chi connectivity index (χ3n) is 7.25. The van der Waals surface area contributed by atoms with Crippen molar-refractivity contribution < 1.29 is 14.7 Å². The first-order chi connectivity index (χ1) is 18.0. The van der Waals surface area contributed by atoms with Crippen LogP contribution >= 0.6 is 0 Å². The Morgan fingerprint density at radius 1 is 0.538 bits per heavy atom. The summed E-state index contributed by atoms with van der Waals surface area (Å²) in [5.41, 5.74) is 4.15. The summed E-state index contributed by atoms with van der Waals surface area (Å²) in [6.45, 7) is 18.9. The Bertz CT molecular complexity index is 1310. The number of ketones is 2. The third-order valence-corrected chi connectivity index (χ3v) is 7.25. The number of phenols is 1. The predicted molar refractivity (Wildman–Crippen MR) is 162 cm³/mol. The molecule has 3 rings (SSSR count). The Morgan fingerprint density at radius 3 is 1.26 bits per heavy atom. The first-order valence-electron chi connectivity index (χ1n) is 14.1. The minimum Gasteiger partial charge on any atom is -0.507 e. The van der Waals surface area contributed by atoms with Gasteiger partial charge in [-0.05, 0) is 51.3 Å². The van der Waals surface area contributed by atoms with Crippen LogP contribution in [0.2, 0.25) is 0 Å². The molecule has 39 heavy (non-hydrogen) atoms. The topological polar surface area (TPSA) is 54.4 Å². The number of aromatic hydroxyl groups is 1. The normalized spacial score (nSPS) is 12.4. The molecule has 0 aliphatic heterocycles. The predicted octanol–water partition coefficient (Wildman–Crippen LogP) is 8.92. The third kappa shape index (κ3) is 7.06. The van der Waals surface area contributed by atoms with Crippen molar-refractivity contribution in [3.05, 3.63) is 99.6 Å². The SMILES string of the molecule is CC(C)(C)c1c(O)c(C(=O)CCc2ccccc2)c(C(=O)CCc2ccccc2)c(C(C)(C)C)c1C(C)(C)C. The van der Waals surface area contributed by atoms with E-state index in [-0.39, 0.29) is 41.1 Å². The fourth-order valence-corrected chi connectivity index (χ4v) is 5.57. The van der Waals surface area contributed by atoms with Crippen LogP contribution in [-0.4, -0.2) is 16.7 Å². The van der Waals surface area contributed by atoms with Gasteiger partial charge in [0, 0.05) is 24.0 Å². The van der Waals surface area contributed by atoms with E-state index in [1.807, 2.05) is 60.7 Å². The van der Waals surface area contributed by atoms with Crippen LogP contribution in [0.5, 0.6) is 5.75 Å². The second kappa shape index (κ2) is 11.5. The Labute approximate surface area is 235 Å². The van der Waals surface area contributed by atoms with Crippen molar-refractivity contribution in [3.8, 4) is 5.75 Å². The van der Waals surface area contributed by atoms with Crippen LogP contribution in [0.3, 0.4) is 0 Å². The molecule has 3 heteroatoms. The number of phenolic OH excluding ortho intramolecular Hbond substituents is 1. The average molecular weight is 527 g/mol. The molecular weight excluding hydrogens is 480 g/mol. The van der Waals surface area contributed by atoms with Crippen LogP contribution in [0.15, 0.2) is 60.7 Å². The van der Waals surface area contributed by atoms with Crippen LogP contribution in [0, 0.1) is 0 Å². The van der Waals surface area contributed by atoms with Gasteiger partial charge in [0.25, 0.3) is 0 Å². The highest BCUT2D eigenvalue weighted by molar-refractivity contribution is 6.12. The summed E-state index contributed by atoms with van der Waals surface area (Å²) in [6.07, 6.45) is 1.61. The Balaban J connectivity index is 2.31. The number of carbonyl (C=O) groups excluding carboxylic acids is 2. The van der Waals surface area contributed by atoms with Gasteiger partial charge in [-0.1, -0.05) is 123 Å². The van der Waals surface area contributed by atoms with Crippen LogP contribution in [0.25, 0.3) is 0 Å². The first kappa shape index (κ1) is 30.3. The molecule has 0 aromatic heterocycles. The van der Waals surface area contributed by atoms with Gasteiger partial charge in [-0.15, -0.1) is 0 Å². The maximum atomic E-state index is 14.2. The zero-order valence-electron chi connectivity index (χ0n) is 25.4. The highest BCUT2D eigenvalue weighted by atomic mass is 16.3. The van der Waals surface area contributed by atoms with Gasteiger partial charge in [-0.25, -0.2) is 0 Å². The molecular formula is C36H46O3. The monoisotopic (exact) mass is 526 g/mol. The largest absolute Gasteiger partial charge is 0.507 e. The number of aryl methyl sites for hydroxylation is 2. The minimum absolute atomic E-state index is 0.0263. The van der Waals surface area contributed by atoms with E-state index >= 15 is 0 Å². The molecule has 0 spiro atoms. The van der Waals surface area contributed by atoms with Crippen molar-refractivity contribution in [1.82, 2.24) is 0 Å². The van der Waals surface area contributed by atoms with Gasteiger partial charge in [-0.3, -0.25) is 9.59 Å². The molecule has 0 unspecified atom stereocenters. The number of carbonyl (C=O) groups is 2. The molecule has 3 aromatic rings. The number of Topliss-reactive ketones (excluding diaryl/α,β-unsaturated/α-hetero) is 2. The average Bonchev–Trinajstić information content (AvgIpc) is 2.84. The van der Waals surface area contributed by atoms with Crippen molar-refractivity contribution >= 4 is 11.6 Å². The maximum Gasteiger partial charge on any atom is 0.167 e. The molecule has 0 bridgehead atoms. The minimum atomic E-state index is -0.438. The molecule has 208 valence electrons. The van der Waals surface area contributed by atoms with Gasteiger partial charge in [0.15, 0.2) is 11.6 Å². The number of hydrogen-bond donors (Lipinski definition) is 1. The van der Waals surface area contributed by atoms with Crippen molar-refractivity contribution in [2.75, 3.05) is 0 Å². The number of benzene rings is 3. The van der Waals surface area contributed by atoms with Crippen molar-refractivity contribution in [2.45, 2.75) is 104 Å². The second-order valence-electron chi connectivity index (χ2n) is 13.8. The second-order valence-corrected chi connectivity index (χ2v) is 13.8. The molecule has 0 aliphatic rings. The summed E-state index contributed by atoms with van der Waals surface area (Å²) in [5, 5.41) is 12.0. The molecule has 0 aliphatic carbocycles. The lowest BCUT2D eigenvalue weighted by Gasteiger charge is -2.39. The van der Waals surface area contributed by atoms with Crippen LogP contribution < -0.4 is 0 Å². The number of hydrogen-bond acceptors (Lipinski definition) is 3. The van der Waals surface area contributed by atoms with Crippen LogP contribution in [0.4, 0.5) is 0 Å². The van der Waals surface area contributed by atoms with Crippen LogP contribution in [-0.2, 0) is 29.1 Å². The summed E-state index contributed by atoms with van der Waals surface area (Å²) in [6, 6.07) is 19.8. The van der Waals surface area contributed by atoms with Gasteiger partial charge >= 0.3 is 0 Å². The smallest absolute Gasteiger partial charge is 0.167 e. The van der Waals surface area contributed by atoms with Gasteiger partial charge in [-0.2, -0.15) is 0 Å². The maximum absolute atomic E-state index is 14.2. The van der Waals surface area contributed by atoms with E-state index in [2.05, 4.69) is 62.3 Å². The van der Waals surface area contributed by atoms with E-state index in [0.717, 1.165) is 27.8 Å². The van der Waals surface area contributed by atoms with Gasteiger partial charge in [0.2, 0.25) is 0 Å². The number of rotatable bonds is 8. The van der Waals surface area contributed by atoms with Crippen molar-refractivity contribution in [1.29, 1.82) is 0 Å². The molecule has 0 amide bonds. The van der Waals surface area contributed by atoms with E-state index < -0.39 is 10.8 Å². The lowest BCUT2D eigenvalue weighted by atomic mass is 9.65. The highest BCUT2D eigenvalue weighted by Gasteiger charge is 2.40. The van der Waals surface area contributed by atoms with Crippen molar-refractivity contribution in [3.63, 3.8) is 0 Å². The molecule has 0 saturated carbocycles. The fourth-order valence-electron chi connectivity index (χ4n) is 5.57. The molecule has 3 nitrogen and oxygen atoms in total. The molecule has 0 atom stereocenters. The van der Waals surface area contributed by atoms with Gasteiger partial charge < -0.3 is 5.11 Å². The van der Waals surface area contributed by atoms with E-state index in [4.69, 9.17) is 0 Å². The van der Waals surface area contributed by atoms with Gasteiger partial charge in [0.05, 0.1) is 5.56 Å². The summed E-state index contributed by atoms with van der Waals surface area (Å²) >= 11 is 0. The Kier molecular flexibility index (Phi) is 8.95. The molecule has 0 radical (unpaired) electrons. The van der Waals surface area contributed by atoms with E-state index in [1.54, 1.807) is 0 Å². The summed E-state index contributed by atoms with van der Waals surface area (Å²) in [7, 11) is 0. The molecule has 1 N–H and O–H groups in total. The molecule has 3 aromatic carbocycles. The summed E-state index contributed by atoms with van der Waals surface area (Å²) in [4.78, 5) is 28.3. The molecule has 0 heterocycles. The quantitative estimate of drug-likeness (QED) is 0.298. The Morgan fingerprint density at radius 2 is 0.897 bits per heavy atom. The molecule has 0 saturated heterocycles. The Hall–Kier alpha value is -3.20. The lowest BCUT2D eigenvalue weighted by Crippen LogP contribution is -2.32. The van der Waals surface area contributed by atoms with E-state index in [1.165, 1.54) is 0 Å². The summed E-state index contributed by atoms with van der Waals surface area (Å²) in [5.74, 6) is -0.300. The zero-order chi connectivity index (χ0) is 29.2. The summed E-state index contributed by atoms with van der Waals surface area (Å²) < 4.78 is 0. The van der Waals surface area contributed by atoms with E-state index in [9.17, 15) is 14.7 Å². The zero-order valence-corrected chi connectivity index (χ0v) is 25.4. The van der Waals surface area contributed by atoms with Gasteiger partial charge in [0.1, 0.15) is 5.75 Å². The van der Waals surface area contributed by atoms with Crippen molar-refractivity contribution in [2.24, 2.45) is 0 Å². The lowest BCUT2D eigenvalue weighted by molar-refractivity contribution is 0.0945. The standard InChI is InChI=1S/C36H46O3/c1-34(2,3)30-28(26(37)22-20-24-16-12-10-13-17-24)29(27(38)23-21-25-18-14-11-15-19-25)33(39)32(36(7,8)9)31(30)35(4,5)6/h10-19,39H,20-23H2,1-9H3. The fraction of sp³-hybridized carbons (Fsp3) is 0.444. The van der Waals surface area contributed by atoms with E-state index in [0.29, 0.717) is 18.4 Å². The highest BCUT2D eigenvalue weighted by Crippen LogP contribution is 2.49. The molecule has 0 fully saturated rings.